The summed E-state index contributed by atoms with van der Waals surface area (Å²) >= 11 is 0. The Hall–Kier alpha value is -1.65. The SMILES string of the molecule is CC(=O)N(C)[C@@H]1CC=C(NC2CC(C)=NC=N2)CC1. The fraction of sp³-hybridized carbons (Fsp3) is 0.643. The molecule has 1 aliphatic carbocycles. The maximum atomic E-state index is 11.3. The van der Waals surface area contributed by atoms with Crippen LogP contribution in [0.25, 0.3) is 0 Å². The minimum Gasteiger partial charge on any atom is -0.367 e. The number of nitrogens with one attached hydrogen (secondary N) is 1. The van der Waals surface area contributed by atoms with Crippen LogP contribution >= 0.6 is 0 Å². The largest absolute Gasteiger partial charge is 0.367 e. The molecule has 0 spiro atoms. The monoisotopic (exact) mass is 262 g/mol. The van der Waals surface area contributed by atoms with Crippen LogP contribution in [0.3, 0.4) is 0 Å². The van der Waals surface area contributed by atoms with Crippen LogP contribution in [0.1, 0.15) is 39.5 Å². The third kappa shape index (κ3) is 3.66. The second-order valence-corrected chi connectivity index (χ2v) is 5.28. The number of amides is 1. The lowest BCUT2D eigenvalue weighted by molar-refractivity contribution is -0.129. The van der Waals surface area contributed by atoms with E-state index in [1.807, 2.05) is 18.9 Å². The zero-order chi connectivity index (χ0) is 13.8. The van der Waals surface area contributed by atoms with Crippen molar-refractivity contribution >= 4 is 18.0 Å². The first-order valence-electron chi connectivity index (χ1n) is 6.80. The van der Waals surface area contributed by atoms with Crippen molar-refractivity contribution in [2.24, 2.45) is 9.98 Å². The van der Waals surface area contributed by atoms with Crippen LogP contribution in [-0.4, -0.2) is 42.1 Å². The molecule has 1 aliphatic heterocycles. The number of rotatable bonds is 3. The zero-order valence-corrected chi connectivity index (χ0v) is 11.9. The minimum absolute atomic E-state index is 0.117. The zero-order valence-electron chi connectivity index (χ0n) is 11.9. The molecule has 5 heteroatoms. The van der Waals surface area contributed by atoms with Crippen molar-refractivity contribution in [1.82, 2.24) is 10.2 Å². The Kier molecular flexibility index (Phi) is 4.35. The standard InChI is InChI=1S/C14H22N4O/c1-10-8-14(16-9-15-10)17-12-4-6-13(7-5-12)18(3)11(2)19/h4,9,13-14,17H,5-8H2,1-3H3/t13-,14?/m1/s1. The Morgan fingerprint density at radius 1 is 1.53 bits per heavy atom. The Balaban J connectivity index is 1.86. The van der Waals surface area contributed by atoms with E-state index in [4.69, 9.17) is 0 Å². The summed E-state index contributed by atoms with van der Waals surface area (Å²) in [5.41, 5.74) is 2.35. The van der Waals surface area contributed by atoms with Gasteiger partial charge in [-0.05, 0) is 26.2 Å². The van der Waals surface area contributed by atoms with Crippen LogP contribution in [0.4, 0.5) is 0 Å². The molecule has 0 aromatic carbocycles. The fourth-order valence-electron chi connectivity index (χ4n) is 2.46. The van der Waals surface area contributed by atoms with E-state index in [9.17, 15) is 4.79 Å². The second kappa shape index (κ2) is 5.99. The summed E-state index contributed by atoms with van der Waals surface area (Å²) in [4.78, 5) is 21.6. The van der Waals surface area contributed by atoms with Gasteiger partial charge in [0.15, 0.2) is 0 Å². The van der Waals surface area contributed by atoms with Gasteiger partial charge in [-0.2, -0.15) is 0 Å². The number of carbonyl (C=O) groups is 1. The summed E-state index contributed by atoms with van der Waals surface area (Å²) in [5, 5.41) is 3.46. The van der Waals surface area contributed by atoms with Gasteiger partial charge in [-0.25, -0.2) is 9.98 Å². The first kappa shape index (κ1) is 13.8. The highest BCUT2D eigenvalue weighted by atomic mass is 16.2. The molecule has 0 saturated carbocycles. The summed E-state index contributed by atoms with van der Waals surface area (Å²) < 4.78 is 0. The molecule has 2 rings (SSSR count). The van der Waals surface area contributed by atoms with E-state index in [1.54, 1.807) is 13.3 Å². The van der Waals surface area contributed by atoms with E-state index < -0.39 is 0 Å². The van der Waals surface area contributed by atoms with Crippen LogP contribution in [0.15, 0.2) is 21.8 Å². The van der Waals surface area contributed by atoms with E-state index in [2.05, 4.69) is 21.4 Å². The van der Waals surface area contributed by atoms with Crippen LogP contribution < -0.4 is 5.32 Å². The van der Waals surface area contributed by atoms with Crippen molar-refractivity contribution in [2.45, 2.75) is 51.7 Å². The quantitative estimate of drug-likeness (QED) is 0.841. The molecule has 0 aromatic rings. The van der Waals surface area contributed by atoms with Crippen LogP contribution in [-0.2, 0) is 4.79 Å². The summed E-state index contributed by atoms with van der Waals surface area (Å²) in [6.45, 7) is 3.64. The number of hydrogen-bond donors (Lipinski definition) is 1. The average molecular weight is 262 g/mol. The highest BCUT2D eigenvalue weighted by Crippen LogP contribution is 2.21. The molecule has 1 amide bonds. The fourth-order valence-corrected chi connectivity index (χ4v) is 2.46. The molecule has 0 radical (unpaired) electrons. The van der Waals surface area contributed by atoms with E-state index in [0.717, 1.165) is 31.4 Å². The molecule has 1 unspecified atom stereocenters. The first-order valence-corrected chi connectivity index (χ1v) is 6.80. The molecule has 19 heavy (non-hydrogen) atoms. The van der Waals surface area contributed by atoms with Crippen LogP contribution in [0, 0.1) is 0 Å². The van der Waals surface area contributed by atoms with Crippen molar-refractivity contribution in [3.05, 3.63) is 11.8 Å². The lowest BCUT2D eigenvalue weighted by Gasteiger charge is -2.31. The summed E-state index contributed by atoms with van der Waals surface area (Å²) in [6, 6.07) is 0.334. The number of hydrogen-bond acceptors (Lipinski definition) is 4. The van der Waals surface area contributed by atoms with E-state index in [-0.39, 0.29) is 12.1 Å². The number of carbonyl (C=O) groups excluding carboxylic acids is 1. The molecular formula is C14H22N4O. The molecule has 0 aromatic heterocycles. The van der Waals surface area contributed by atoms with Gasteiger partial charge in [0.25, 0.3) is 0 Å². The summed E-state index contributed by atoms with van der Waals surface area (Å²) in [6.07, 6.45) is 7.72. The molecule has 5 nitrogen and oxygen atoms in total. The van der Waals surface area contributed by atoms with Gasteiger partial charge >= 0.3 is 0 Å². The van der Waals surface area contributed by atoms with Gasteiger partial charge in [-0.15, -0.1) is 0 Å². The Labute approximate surface area is 114 Å². The number of aliphatic imine (C=N–C) groups is 2. The number of allylic oxidation sites excluding steroid dienone is 1. The molecule has 0 saturated heterocycles. The topological polar surface area (TPSA) is 57.1 Å². The van der Waals surface area contributed by atoms with Crippen molar-refractivity contribution in [3.8, 4) is 0 Å². The van der Waals surface area contributed by atoms with Crippen molar-refractivity contribution < 1.29 is 4.79 Å². The maximum absolute atomic E-state index is 11.3. The van der Waals surface area contributed by atoms with E-state index >= 15 is 0 Å². The van der Waals surface area contributed by atoms with Crippen molar-refractivity contribution in [1.29, 1.82) is 0 Å². The summed E-state index contributed by atoms with van der Waals surface area (Å²) in [7, 11) is 1.88. The third-order valence-corrected chi connectivity index (χ3v) is 3.79. The van der Waals surface area contributed by atoms with Crippen molar-refractivity contribution in [2.75, 3.05) is 7.05 Å². The molecule has 1 heterocycles. The minimum atomic E-state index is 0.117. The second-order valence-electron chi connectivity index (χ2n) is 5.28. The van der Waals surface area contributed by atoms with Crippen molar-refractivity contribution in [3.63, 3.8) is 0 Å². The first-order chi connectivity index (χ1) is 9.06. The maximum Gasteiger partial charge on any atom is 0.219 e. The van der Waals surface area contributed by atoms with Gasteiger partial charge in [0.2, 0.25) is 5.91 Å². The van der Waals surface area contributed by atoms with Gasteiger partial charge in [-0.1, -0.05) is 6.08 Å². The molecule has 2 atom stereocenters. The highest BCUT2D eigenvalue weighted by Gasteiger charge is 2.21. The third-order valence-electron chi connectivity index (χ3n) is 3.79. The molecule has 0 bridgehead atoms. The smallest absolute Gasteiger partial charge is 0.219 e. The van der Waals surface area contributed by atoms with Gasteiger partial charge in [0.05, 0.1) is 0 Å². The predicted molar refractivity (Wildman–Crippen MR) is 77.3 cm³/mol. The highest BCUT2D eigenvalue weighted by molar-refractivity contribution is 5.90. The lowest BCUT2D eigenvalue weighted by Crippen LogP contribution is -2.38. The average Bonchev–Trinajstić information content (AvgIpc) is 2.39. The predicted octanol–water partition coefficient (Wildman–Crippen LogP) is 1.71. The Bertz CT molecular complexity index is 439. The number of nitrogens with zero attached hydrogens (tertiary/aromatic N) is 3. The molecule has 104 valence electrons. The molecule has 2 aliphatic rings. The summed E-state index contributed by atoms with van der Waals surface area (Å²) in [5.74, 6) is 0.138. The van der Waals surface area contributed by atoms with Gasteiger partial charge in [0.1, 0.15) is 12.5 Å². The Morgan fingerprint density at radius 3 is 2.89 bits per heavy atom. The lowest BCUT2D eigenvalue weighted by atomic mass is 9.97. The van der Waals surface area contributed by atoms with Gasteiger partial charge in [-0.3, -0.25) is 4.79 Å². The van der Waals surface area contributed by atoms with Gasteiger partial charge in [0, 0.05) is 37.8 Å². The van der Waals surface area contributed by atoms with Crippen LogP contribution in [0.5, 0.6) is 0 Å². The van der Waals surface area contributed by atoms with E-state index in [1.165, 1.54) is 5.70 Å². The van der Waals surface area contributed by atoms with Gasteiger partial charge < -0.3 is 10.2 Å². The molecular weight excluding hydrogens is 240 g/mol. The normalized spacial score (nSPS) is 26.5. The molecule has 1 N–H and O–H groups in total. The van der Waals surface area contributed by atoms with Crippen LogP contribution in [0.2, 0.25) is 0 Å². The Morgan fingerprint density at radius 2 is 2.32 bits per heavy atom. The molecule has 0 fully saturated rings. The van der Waals surface area contributed by atoms with E-state index in [0.29, 0.717) is 6.04 Å².